The van der Waals surface area contributed by atoms with Crippen molar-refractivity contribution < 1.29 is 37.7 Å². The number of nitriles is 1. The van der Waals surface area contributed by atoms with Crippen LogP contribution in [0.5, 0.6) is 11.6 Å². The van der Waals surface area contributed by atoms with Gasteiger partial charge in [-0.05, 0) is 39.8 Å². The number of aliphatic hydroxyl groups excluding tert-OH is 1. The Hall–Kier alpha value is -3.80. The third-order valence-corrected chi connectivity index (χ3v) is 7.56. The Morgan fingerprint density at radius 1 is 1.29 bits per heavy atom. The van der Waals surface area contributed by atoms with Crippen LogP contribution < -0.4 is 20.1 Å². The predicted molar refractivity (Wildman–Crippen MR) is 144 cm³/mol. The monoisotopic (exact) mass is 589 g/mol. The number of benzene rings is 1. The van der Waals surface area contributed by atoms with E-state index in [1.807, 2.05) is 6.07 Å². The summed E-state index contributed by atoms with van der Waals surface area (Å²) in [7, 11) is -4.24. The van der Waals surface area contributed by atoms with Gasteiger partial charge in [0, 0.05) is 0 Å². The quantitative estimate of drug-likeness (QED) is 0.205. The molecule has 4 rings (SSSR count). The third-order valence-electron chi connectivity index (χ3n) is 5.92. The number of carbonyl (C=O) groups excluding carboxylic acids is 1. The van der Waals surface area contributed by atoms with Gasteiger partial charge in [-0.2, -0.15) is 20.3 Å². The molecule has 0 saturated carbocycles. The van der Waals surface area contributed by atoms with E-state index >= 15 is 0 Å². The van der Waals surface area contributed by atoms with E-state index in [9.17, 15) is 19.7 Å². The topological polar surface area (TPSA) is 206 Å². The fraction of sp³-hybridized carbons (Fsp3) is 0.480. The summed E-state index contributed by atoms with van der Waals surface area (Å²) in [6, 6.07) is 9.19. The Morgan fingerprint density at radius 3 is 2.68 bits per heavy atom. The molecule has 1 aromatic carbocycles. The van der Waals surface area contributed by atoms with Crippen molar-refractivity contribution in [3.63, 3.8) is 0 Å². The highest BCUT2D eigenvalue weighted by molar-refractivity contribution is 7.52. The summed E-state index contributed by atoms with van der Waals surface area (Å²) < 4.78 is 43.2. The second-order valence-electron chi connectivity index (χ2n) is 9.39. The highest BCUT2D eigenvalue weighted by Crippen LogP contribution is 2.46. The van der Waals surface area contributed by atoms with E-state index in [4.69, 9.17) is 29.0 Å². The molecule has 1 saturated heterocycles. The Kier molecular flexibility index (Phi) is 9.42. The van der Waals surface area contributed by atoms with Crippen LogP contribution in [-0.4, -0.2) is 68.2 Å². The number of anilines is 1. The lowest BCUT2D eigenvalue weighted by molar-refractivity contribution is -0.149. The number of nitrogen functional groups attached to an aromatic ring is 1. The highest BCUT2D eigenvalue weighted by atomic mass is 31.2. The minimum atomic E-state index is -4.24. The molecule has 0 spiro atoms. The number of esters is 1. The Morgan fingerprint density at radius 2 is 2.02 bits per heavy atom. The molecule has 6 atom stereocenters. The number of fused-ring (bicyclic) bond motifs is 1. The maximum absolute atomic E-state index is 13.8. The summed E-state index contributed by atoms with van der Waals surface area (Å²) in [5.74, 6) is -1.46. The molecule has 220 valence electrons. The van der Waals surface area contributed by atoms with Crippen molar-refractivity contribution >= 4 is 30.8 Å². The van der Waals surface area contributed by atoms with Gasteiger partial charge in [0.05, 0.1) is 31.7 Å². The molecular formula is C25H32N7O8P. The number of nitrogens with one attached hydrogen (secondary N) is 1. The van der Waals surface area contributed by atoms with E-state index in [2.05, 4.69) is 20.0 Å². The van der Waals surface area contributed by atoms with Crippen LogP contribution in [0.3, 0.4) is 0 Å². The molecule has 15 nitrogen and oxygen atoms in total. The van der Waals surface area contributed by atoms with E-state index < -0.39 is 56.8 Å². The van der Waals surface area contributed by atoms with Gasteiger partial charge in [-0.3, -0.25) is 13.9 Å². The Labute approximate surface area is 236 Å². The lowest BCUT2D eigenvalue weighted by Gasteiger charge is -2.25. The van der Waals surface area contributed by atoms with Crippen LogP contribution in [0.15, 0.2) is 36.7 Å². The molecule has 3 heterocycles. The first kappa shape index (κ1) is 30.2. The zero-order valence-corrected chi connectivity index (χ0v) is 23.8. The zero-order valence-electron chi connectivity index (χ0n) is 22.9. The molecule has 41 heavy (non-hydrogen) atoms. The van der Waals surface area contributed by atoms with Gasteiger partial charge in [0.1, 0.15) is 29.9 Å². The van der Waals surface area contributed by atoms with Crippen molar-refractivity contribution in [1.82, 2.24) is 24.6 Å². The summed E-state index contributed by atoms with van der Waals surface area (Å²) in [6.07, 6.45) is -2.56. The maximum atomic E-state index is 13.8. The molecule has 16 heteroatoms. The van der Waals surface area contributed by atoms with E-state index in [1.165, 1.54) is 17.8 Å². The molecule has 1 aliphatic heterocycles. The molecule has 6 unspecified atom stereocenters. The number of imidazole rings is 1. The summed E-state index contributed by atoms with van der Waals surface area (Å²) >= 11 is 0. The second-order valence-corrected chi connectivity index (χ2v) is 11.1. The van der Waals surface area contributed by atoms with Gasteiger partial charge in [-0.15, -0.1) is 0 Å². The van der Waals surface area contributed by atoms with E-state index in [1.54, 1.807) is 51.1 Å². The van der Waals surface area contributed by atoms with E-state index in [0.717, 1.165) is 0 Å². The normalized spacial score (nSPS) is 22.7. The largest absolute Gasteiger partial charge is 0.476 e. The van der Waals surface area contributed by atoms with Crippen molar-refractivity contribution in [2.24, 2.45) is 5.92 Å². The maximum Gasteiger partial charge on any atom is 0.459 e. The molecule has 2 aromatic heterocycles. The van der Waals surface area contributed by atoms with Gasteiger partial charge in [0.15, 0.2) is 17.4 Å². The standard InChI is InChI=1S/C25H32N7O8P/c1-5-36-22-19-21(29-25(27)30-22)32(13-28-19)23-17(11-26)20(33)18(39-23)12-37-41(35,40-16-9-7-6-8-10-16)31-15(4)24(34)38-14(2)3/h6-10,13-15,17-18,20,23,33H,5,12H2,1-4H3,(H,31,35)(H2,27,29,30). The van der Waals surface area contributed by atoms with Gasteiger partial charge in [-0.1, -0.05) is 18.2 Å². The Balaban J connectivity index is 1.56. The van der Waals surface area contributed by atoms with Gasteiger partial charge in [-0.25, -0.2) is 9.55 Å². The second kappa shape index (κ2) is 12.8. The lowest BCUT2D eigenvalue weighted by atomic mass is 10.0. The van der Waals surface area contributed by atoms with Crippen molar-refractivity contribution in [3.05, 3.63) is 36.7 Å². The van der Waals surface area contributed by atoms with Gasteiger partial charge < -0.3 is 29.6 Å². The number of hydrogen-bond donors (Lipinski definition) is 3. The number of aliphatic hydroxyl groups is 1. The first-order chi connectivity index (χ1) is 19.5. The number of para-hydroxylation sites is 1. The van der Waals surface area contributed by atoms with Crippen molar-refractivity contribution in [2.75, 3.05) is 18.9 Å². The zero-order chi connectivity index (χ0) is 29.7. The van der Waals surface area contributed by atoms with Crippen LogP contribution in [0, 0.1) is 17.2 Å². The number of rotatable bonds is 12. The van der Waals surface area contributed by atoms with Crippen molar-refractivity contribution in [2.45, 2.75) is 58.3 Å². The molecule has 1 fully saturated rings. The van der Waals surface area contributed by atoms with E-state index in [0.29, 0.717) is 12.1 Å². The minimum Gasteiger partial charge on any atom is -0.476 e. The Bertz CT molecular complexity index is 1450. The van der Waals surface area contributed by atoms with Crippen LogP contribution in [0.4, 0.5) is 5.95 Å². The number of aromatic nitrogens is 4. The average molecular weight is 590 g/mol. The lowest BCUT2D eigenvalue weighted by Crippen LogP contribution is -2.37. The van der Waals surface area contributed by atoms with Crippen LogP contribution in [0.25, 0.3) is 11.2 Å². The van der Waals surface area contributed by atoms with Crippen LogP contribution in [-0.2, 0) is 23.4 Å². The molecule has 0 bridgehead atoms. The summed E-state index contributed by atoms with van der Waals surface area (Å²) in [4.78, 5) is 24.9. The molecule has 0 aliphatic carbocycles. The van der Waals surface area contributed by atoms with Crippen LogP contribution in [0.1, 0.15) is 33.9 Å². The highest BCUT2D eigenvalue weighted by Gasteiger charge is 2.47. The van der Waals surface area contributed by atoms with Crippen LogP contribution >= 0.6 is 7.75 Å². The smallest absolute Gasteiger partial charge is 0.459 e. The minimum absolute atomic E-state index is 0.0789. The predicted octanol–water partition coefficient (Wildman–Crippen LogP) is 2.34. The summed E-state index contributed by atoms with van der Waals surface area (Å²) in [6.45, 7) is 6.44. The third kappa shape index (κ3) is 6.92. The number of carbonyl (C=O) groups is 1. The number of nitrogens with zero attached hydrogens (tertiary/aromatic N) is 5. The number of nitrogens with two attached hydrogens (primary N) is 1. The molecule has 1 aliphatic rings. The molecule has 3 aromatic rings. The van der Waals surface area contributed by atoms with Crippen molar-refractivity contribution in [3.8, 4) is 17.7 Å². The first-order valence-corrected chi connectivity index (χ1v) is 14.4. The molecule has 4 N–H and O–H groups in total. The summed E-state index contributed by atoms with van der Waals surface area (Å²) in [5, 5.41) is 23.4. The number of ether oxygens (including phenoxy) is 3. The fourth-order valence-electron chi connectivity index (χ4n) is 4.10. The fourth-order valence-corrected chi connectivity index (χ4v) is 5.60. The first-order valence-electron chi connectivity index (χ1n) is 12.9. The molecular weight excluding hydrogens is 557 g/mol. The van der Waals surface area contributed by atoms with Gasteiger partial charge in [0.2, 0.25) is 11.8 Å². The summed E-state index contributed by atoms with van der Waals surface area (Å²) in [5.41, 5.74) is 6.37. The molecule has 0 amide bonds. The van der Waals surface area contributed by atoms with Gasteiger partial charge in [0.25, 0.3) is 0 Å². The van der Waals surface area contributed by atoms with E-state index in [-0.39, 0.29) is 23.2 Å². The van der Waals surface area contributed by atoms with Gasteiger partial charge >= 0.3 is 13.7 Å². The van der Waals surface area contributed by atoms with Crippen LogP contribution in [0.2, 0.25) is 0 Å². The number of hydrogen-bond acceptors (Lipinski definition) is 13. The van der Waals surface area contributed by atoms with Crippen molar-refractivity contribution in [1.29, 1.82) is 5.26 Å². The molecule has 0 radical (unpaired) electrons. The average Bonchev–Trinajstić information content (AvgIpc) is 3.47. The SMILES string of the molecule is CCOc1nc(N)nc2c1ncn2C1OC(COP(=O)(NC(C)C(=O)OC(C)C)Oc2ccccc2)C(O)C1C#N.